The van der Waals surface area contributed by atoms with Crippen LogP contribution in [0.4, 0.5) is 0 Å². The zero-order chi connectivity index (χ0) is 18.6. The quantitative estimate of drug-likeness (QED) is 0.533. The van der Waals surface area contributed by atoms with Gasteiger partial charge in [-0.25, -0.2) is 0 Å². The van der Waals surface area contributed by atoms with Crippen LogP contribution in [0.25, 0.3) is 21.8 Å². The monoisotopic (exact) mass is 362 g/mol. The second-order valence-corrected chi connectivity index (χ2v) is 6.27. The molecule has 0 aliphatic rings. The lowest BCUT2D eigenvalue weighted by atomic mass is 10.1. The van der Waals surface area contributed by atoms with E-state index in [-0.39, 0.29) is 24.7 Å². The fraction of sp³-hybridized carbons (Fsp3) is 0.200. The van der Waals surface area contributed by atoms with E-state index < -0.39 is 0 Å². The van der Waals surface area contributed by atoms with Gasteiger partial charge >= 0.3 is 5.97 Å². The molecule has 0 saturated carbocycles. The molecule has 0 unspecified atom stereocenters. The number of nitrogens with one attached hydrogen (secondary N) is 1. The molecule has 0 spiro atoms. The molecule has 136 valence electrons. The number of ether oxygens (including phenoxy) is 1. The topological polar surface area (TPSA) is 89.9 Å². The molecule has 0 saturated heterocycles. The van der Waals surface area contributed by atoms with E-state index in [2.05, 4.69) is 21.4 Å². The average molecular weight is 362 g/mol. The Labute approximate surface area is 154 Å². The third-order valence-electron chi connectivity index (χ3n) is 4.48. The van der Waals surface area contributed by atoms with Gasteiger partial charge in [0, 0.05) is 23.5 Å². The van der Waals surface area contributed by atoms with E-state index in [9.17, 15) is 9.59 Å². The first-order valence-electron chi connectivity index (χ1n) is 8.75. The Hall–Kier alpha value is -3.48. The number of carbonyl (C=O) groups is 1. The molecule has 2 aromatic carbocycles. The van der Waals surface area contributed by atoms with E-state index in [1.54, 1.807) is 24.3 Å². The molecule has 2 heterocycles. The second-order valence-electron chi connectivity index (χ2n) is 6.27. The largest absolute Gasteiger partial charge is 0.442 e. The van der Waals surface area contributed by atoms with E-state index in [0.717, 1.165) is 16.6 Å². The van der Waals surface area contributed by atoms with Gasteiger partial charge in [0.25, 0.3) is 5.56 Å². The third-order valence-corrected chi connectivity index (χ3v) is 4.48. The Balaban J connectivity index is 1.32. The fourth-order valence-corrected chi connectivity index (χ4v) is 3.07. The van der Waals surface area contributed by atoms with Crippen molar-refractivity contribution in [2.24, 2.45) is 0 Å². The number of benzene rings is 2. The van der Waals surface area contributed by atoms with Crippen LogP contribution < -0.4 is 5.56 Å². The molecule has 2 aromatic heterocycles. The maximum absolute atomic E-state index is 12.3. The number of para-hydroxylation sites is 1. The first-order chi connectivity index (χ1) is 13.2. The van der Waals surface area contributed by atoms with E-state index in [4.69, 9.17) is 4.74 Å². The lowest BCUT2D eigenvalue weighted by Crippen LogP contribution is -2.26. The number of hydrogen-bond donors (Lipinski definition) is 1. The smallest absolute Gasteiger partial charge is 0.307 e. The zero-order valence-electron chi connectivity index (χ0n) is 14.6. The molecule has 0 aliphatic heterocycles. The molecule has 7 heteroatoms. The van der Waals surface area contributed by atoms with Crippen LogP contribution in [0.2, 0.25) is 0 Å². The molecule has 1 N–H and O–H groups in total. The van der Waals surface area contributed by atoms with Crippen molar-refractivity contribution in [1.29, 1.82) is 0 Å². The number of H-pyrrole nitrogens is 1. The molecule has 4 aromatic rings. The van der Waals surface area contributed by atoms with Crippen LogP contribution >= 0.6 is 0 Å². The Morgan fingerprint density at radius 3 is 2.74 bits per heavy atom. The van der Waals surface area contributed by atoms with Crippen LogP contribution in [0.15, 0.2) is 59.5 Å². The van der Waals surface area contributed by atoms with Crippen LogP contribution in [0.1, 0.15) is 18.4 Å². The van der Waals surface area contributed by atoms with Gasteiger partial charge < -0.3 is 9.72 Å². The SMILES string of the molecule is O=C(CCCc1c[nH]c2ccccc12)OCn1nnc2ccccc2c1=O. The third kappa shape index (κ3) is 3.57. The summed E-state index contributed by atoms with van der Waals surface area (Å²) >= 11 is 0. The number of rotatable bonds is 6. The van der Waals surface area contributed by atoms with E-state index in [1.807, 2.05) is 24.4 Å². The van der Waals surface area contributed by atoms with Crippen molar-refractivity contribution in [3.63, 3.8) is 0 Å². The minimum atomic E-state index is -0.364. The summed E-state index contributed by atoms with van der Waals surface area (Å²) in [7, 11) is 0. The van der Waals surface area contributed by atoms with Crippen molar-refractivity contribution in [3.05, 3.63) is 70.6 Å². The first kappa shape index (κ1) is 17.0. The number of aromatic amines is 1. The number of carbonyl (C=O) groups excluding carboxylic acids is 1. The second kappa shape index (κ2) is 7.41. The van der Waals surface area contributed by atoms with Gasteiger partial charge in [0.1, 0.15) is 5.52 Å². The predicted octanol–water partition coefficient (Wildman–Crippen LogP) is 2.80. The van der Waals surface area contributed by atoms with Gasteiger partial charge in [0.05, 0.1) is 5.39 Å². The molecule has 0 fully saturated rings. The molecule has 4 rings (SSSR count). The van der Waals surface area contributed by atoms with Crippen LogP contribution in [0.5, 0.6) is 0 Å². The van der Waals surface area contributed by atoms with Crippen molar-refractivity contribution in [2.75, 3.05) is 0 Å². The van der Waals surface area contributed by atoms with Gasteiger partial charge in [-0.05, 0) is 36.6 Å². The Morgan fingerprint density at radius 2 is 1.85 bits per heavy atom. The van der Waals surface area contributed by atoms with E-state index in [0.29, 0.717) is 17.3 Å². The average Bonchev–Trinajstić information content (AvgIpc) is 3.11. The molecule has 7 nitrogen and oxygen atoms in total. The predicted molar refractivity (Wildman–Crippen MR) is 101 cm³/mol. The lowest BCUT2D eigenvalue weighted by Gasteiger charge is -2.06. The first-order valence-corrected chi connectivity index (χ1v) is 8.75. The summed E-state index contributed by atoms with van der Waals surface area (Å²) in [5.74, 6) is -0.364. The van der Waals surface area contributed by atoms with Gasteiger partial charge in [0.2, 0.25) is 0 Å². The summed E-state index contributed by atoms with van der Waals surface area (Å²) in [4.78, 5) is 27.5. The minimum absolute atomic E-state index is 0.234. The highest BCUT2D eigenvalue weighted by Gasteiger charge is 2.09. The van der Waals surface area contributed by atoms with E-state index >= 15 is 0 Å². The molecular formula is C20H18N4O3. The molecule has 0 radical (unpaired) electrons. The highest BCUT2D eigenvalue weighted by molar-refractivity contribution is 5.83. The highest BCUT2D eigenvalue weighted by Crippen LogP contribution is 2.19. The van der Waals surface area contributed by atoms with Crippen molar-refractivity contribution >= 4 is 27.8 Å². The number of hydrogen-bond acceptors (Lipinski definition) is 5. The number of esters is 1. The number of aryl methyl sites for hydroxylation is 1. The van der Waals surface area contributed by atoms with Gasteiger partial charge in [-0.2, -0.15) is 4.68 Å². The van der Waals surface area contributed by atoms with Crippen molar-refractivity contribution in [2.45, 2.75) is 26.0 Å². The summed E-state index contributed by atoms with van der Waals surface area (Å²) in [6, 6.07) is 15.0. The standard InChI is InChI=1S/C20H18N4O3/c25-19(11-5-6-14-12-21-17-9-3-1-7-15(14)17)27-13-24-20(26)16-8-2-4-10-18(16)22-23-24/h1-4,7-10,12,21H,5-6,11,13H2. The zero-order valence-corrected chi connectivity index (χ0v) is 14.6. The lowest BCUT2D eigenvalue weighted by molar-refractivity contribution is -0.148. The number of nitrogens with zero attached hydrogens (tertiary/aromatic N) is 3. The summed E-state index contributed by atoms with van der Waals surface area (Å²) in [6.07, 6.45) is 3.68. The van der Waals surface area contributed by atoms with E-state index in [1.165, 1.54) is 10.9 Å². The van der Waals surface area contributed by atoms with Crippen molar-refractivity contribution < 1.29 is 9.53 Å². The normalized spacial score (nSPS) is 11.1. The van der Waals surface area contributed by atoms with Crippen LogP contribution in [0, 0.1) is 0 Å². The molecule has 0 amide bonds. The van der Waals surface area contributed by atoms with Crippen LogP contribution in [-0.2, 0) is 22.7 Å². The molecule has 27 heavy (non-hydrogen) atoms. The Kier molecular flexibility index (Phi) is 4.65. The number of aromatic nitrogens is 4. The molecule has 0 atom stereocenters. The molecule has 0 bridgehead atoms. The Bertz CT molecular complexity index is 1160. The minimum Gasteiger partial charge on any atom is -0.442 e. The summed E-state index contributed by atoms with van der Waals surface area (Å²) in [5, 5.41) is 9.39. The van der Waals surface area contributed by atoms with Gasteiger partial charge in [-0.3, -0.25) is 9.59 Å². The van der Waals surface area contributed by atoms with Gasteiger partial charge in [-0.15, -0.1) is 5.10 Å². The summed E-state index contributed by atoms with van der Waals surface area (Å²) in [6.45, 7) is -0.234. The maximum Gasteiger partial charge on any atom is 0.307 e. The van der Waals surface area contributed by atoms with Crippen LogP contribution in [-0.4, -0.2) is 25.9 Å². The summed E-state index contributed by atoms with van der Waals surface area (Å²) < 4.78 is 6.23. The summed E-state index contributed by atoms with van der Waals surface area (Å²) in [5.41, 5.74) is 2.45. The molecular weight excluding hydrogens is 344 g/mol. The fourth-order valence-electron chi connectivity index (χ4n) is 3.07. The van der Waals surface area contributed by atoms with Crippen molar-refractivity contribution in [3.8, 4) is 0 Å². The van der Waals surface area contributed by atoms with Crippen molar-refractivity contribution in [1.82, 2.24) is 20.0 Å². The highest BCUT2D eigenvalue weighted by atomic mass is 16.5. The molecule has 0 aliphatic carbocycles. The number of fused-ring (bicyclic) bond motifs is 2. The van der Waals surface area contributed by atoms with Crippen LogP contribution in [0.3, 0.4) is 0 Å². The van der Waals surface area contributed by atoms with Gasteiger partial charge in [0.15, 0.2) is 6.73 Å². The Morgan fingerprint density at radius 1 is 1.07 bits per heavy atom. The maximum atomic E-state index is 12.3. The van der Waals surface area contributed by atoms with Gasteiger partial charge in [-0.1, -0.05) is 35.5 Å².